The number of hydrogen-bond acceptors (Lipinski definition) is 3. The summed E-state index contributed by atoms with van der Waals surface area (Å²) in [5, 5.41) is 3.71. The highest BCUT2D eigenvalue weighted by Gasteiger charge is 2.47. The van der Waals surface area contributed by atoms with Crippen molar-refractivity contribution < 1.29 is 9.13 Å². The second-order valence-electron chi connectivity index (χ2n) is 9.77. The summed E-state index contributed by atoms with van der Waals surface area (Å²) < 4.78 is 20.1. The van der Waals surface area contributed by atoms with E-state index in [1.54, 1.807) is 12.1 Å². The van der Waals surface area contributed by atoms with Crippen LogP contribution in [0.15, 0.2) is 73.1 Å². The van der Waals surface area contributed by atoms with Crippen molar-refractivity contribution in [2.24, 2.45) is 0 Å². The molecule has 2 aromatic carbocycles. The Morgan fingerprint density at radius 1 is 0.912 bits per heavy atom. The first-order valence-electron chi connectivity index (χ1n) is 12.3. The quantitative estimate of drug-likeness (QED) is 0.375. The van der Waals surface area contributed by atoms with Crippen LogP contribution in [0.4, 0.5) is 4.39 Å². The van der Waals surface area contributed by atoms with Crippen LogP contribution >= 0.6 is 12.4 Å². The third kappa shape index (κ3) is 5.35. The van der Waals surface area contributed by atoms with Crippen LogP contribution in [0, 0.1) is 5.82 Å². The van der Waals surface area contributed by atoms with Gasteiger partial charge in [-0.3, -0.25) is 4.98 Å². The SMILES string of the molecule is Cl.Fc1ccc(C2(CCNCc3ccccc3-c3ccncc3)CCOC3(CCCC3)C2)cc1. The first-order chi connectivity index (χ1) is 16.2. The number of nitrogens with one attached hydrogen (secondary N) is 1. The van der Waals surface area contributed by atoms with Gasteiger partial charge in [-0.05, 0) is 85.2 Å². The van der Waals surface area contributed by atoms with Crippen LogP contribution in [0.3, 0.4) is 0 Å². The standard InChI is InChI=1S/C29H33FN2O.ClH/c30-26-9-7-25(8-10-26)28(16-20-33-29(22-28)13-3-4-14-29)15-19-32-21-24-5-1-2-6-27(24)23-11-17-31-18-12-23;/h1-2,5-12,17-18,32H,3-4,13-16,19-22H2;1H. The molecule has 3 nitrogen and oxygen atoms in total. The smallest absolute Gasteiger partial charge is 0.123 e. The molecule has 2 aliphatic rings. The minimum Gasteiger partial charge on any atom is -0.375 e. The minimum absolute atomic E-state index is 0. The molecule has 5 heteroatoms. The number of nitrogens with zero attached hydrogens (tertiary/aromatic N) is 1. The van der Waals surface area contributed by atoms with Gasteiger partial charge >= 0.3 is 0 Å². The molecule has 1 saturated carbocycles. The van der Waals surface area contributed by atoms with Gasteiger partial charge in [-0.25, -0.2) is 4.39 Å². The highest BCUT2D eigenvalue weighted by Crippen LogP contribution is 2.50. The number of ether oxygens (including phenoxy) is 1. The second-order valence-corrected chi connectivity index (χ2v) is 9.77. The molecule has 3 aromatic rings. The highest BCUT2D eigenvalue weighted by molar-refractivity contribution is 5.85. The van der Waals surface area contributed by atoms with E-state index in [2.05, 4.69) is 46.7 Å². The van der Waals surface area contributed by atoms with Crippen molar-refractivity contribution in [2.45, 2.75) is 62.5 Å². The van der Waals surface area contributed by atoms with E-state index in [4.69, 9.17) is 4.74 Å². The van der Waals surface area contributed by atoms with Crippen LogP contribution < -0.4 is 5.32 Å². The zero-order chi connectivity index (χ0) is 22.6. The molecule has 1 N–H and O–H groups in total. The van der Waals surface area contributed by atoms with Gasteiger partial charge < -0.3 is 10.1 Å². The molecule has 1 aliphatic carbocycles. The molecule has 180 valence electrons. The third-order valence-electron chi connectivity index (χ3n) is 7.73. The first kappa shape index (κ1) is 24.8. The van der Waals surface area contributed by atoms with E-state index in [0.29, 0.717) is 0 Å². The maximum Gasteiger partial charge on any atom is 0.123 e. The van der Waals surface area contributed by atoms with Crippen LogP contribution in [0.1, 0.15) is 56.1 Å². The van der Waals surface area contributed by atoms with E-state index in [1.165, 1.54) is 35.1 Å². The monoisotopic (exact) mass is 480 g/mol. The number of rotatable bonds is 7. The van der Waals surface area contributed by atoms with Crippen LogP contribution in [0.5, 0.6) is 0 Å². The van der Waals surface area contributed by atoms with Crippen molar-refractivity contribution in [1.82, 2.24) is 10.3 Å². The fraction of sp³-hybridized carbons (Fsp3) is 0.414. The lowest BCUT2D eigenvalue weighted by Gasteiger charge is -2.47. The Bertz CT molecular complexity index is 1050. The second kappa shape index (κ2) is 11.0. The molecule has 0 radical (unpaired) electrons. The van der Waals surface area contributed by atoms with E-state index in [0.717, 1.165) is 51.8 Å². The molecule has 0 amide bonds. The van der Waals surface area contributed by atoms with Gasteiger partial charge in [0.15, 0.2) is 0 Å². The van der Waals surface area contributed by atoms with Crippen molar-refractivity contribution in [3.8, 4) is 11.1 Å². The molecule has 1 spiro atoms. The lowest BCUT2D eigenvalue weighted by atomic mass is 9.66. The predicted molar refractivity (Wildman–Crippen MR) is 138 cm³/mol. The molecule has 1 aliphatic heterocycles. The predicted octanol–water partition coefficient (Wildman–Crippen LogP) is 6.85. The van der Waals surface area contributed by atoms with Gasteiger partial charge in [0.1, 0.15) is 5.82 Å². The van der Waals surface area contributed by atoms with Gasteiger partial charge in [0.2, 0.25) is 0 Å². The molecular weight excluding hydrogens is 447 g/mol. The molecule has 0 bridgehead atoms. The number of benzene rings is 2. The van der Waals surface area contributed by atoms with Crippen molar-refractivity contribution in [2.75, 3.05) is 13.2 Å². The number of aromatic nitrogens is 1. The lowest BCUT2D eigenvalue weighted by Crippen LogP contribution is -2.47. The van der Waals surface area contributed by atoms with Crippen molar-refractivity contribution in [3.63, 3.8) is 0 Å². The average Bonchev–Trinajstić information content (AvgIpc) is 3.30. The largest absolute Gasteiger partial charge is 0.375 e. The zero-order valence-electron chi connectivity index (χ0n) is 19.6. The average molecular weight is 481 g/mol. The summed E-state index contributed by atoms with van der Waals surface area (Å²) in [7, 11) is 0. The summed E-state index contributed by atoms with van der Waals surface area (Å²) in [4.78, 5) is 4.15. The Kier molecular flexibility index (Phi) is 8.02. The molecule has 34 heavy (non-hydrogen) atoms. The van der Waals surface area contributed by atoms with Crippen molar-refractivity contribution >= 4 is 12.4 Å². The van der Waals surface area contributed by atoms with E-state index in [9.17, 15) is 4.39 Å². The summed E-state index contributed by atoms with van der Waals surface area (Å²) >= 11 is 0. The Labute approximate surface area is 208 Å². The highest BCUT2D eigenvalue weighted by atomic mass is 35.5. The maximum atomic E-state index is 13.7. The van der Waals surface area contributed by atoms with Gasteiger partial charge in [0, 0.05) is 31.0 Å². The summed E-state index contributed by atoms with van der Waals surface area (Å²) in [5.41, 5.74) is 5.04. The Morgan fingerprint density at radius 3 is 2.41 bits per heavy atom. The minimum atomic E-state index is -0.164. The van der Waals surface area contributed by atoms with Crippen molar-refractivity contribution in [1.29, 1.82) is 0 Å². The van der Waals surface area contributed by atoms with E-state index in [1.807, 2.05) is 24.5 Å². The lowest BCUT2D eigenvalue weighted by molar-refractivity contribution is -0.103. The molecule has 2 heterocycles. The van der Waals surface area contributed by atoms with Gasteiger partial charge in [0.05, 0.1) is 5.60 Å². The Hall–Kier alpha value is -2.27. The molecule has 5 rings (SSSR count). The third-order valence-corrected chi connectivity index (χ3v) is 7.73. The van der Waals surface area contributed by atoms with Crippen LogP contribution in [-0.2, 0) is 16.7 Å². The van der Waals surface area contributed by atoms with Crippen LogP contribution in [-0.4, -0.2) is 23.7 Å². The van der Waals surface area contributed by atoms with E-state index in [-0.39, 0.29) is 29.2 Å². The normalized spacial score (nSPS) is 21.3. The van der Waals surface area contributed by atoms with Crippen molar-refractivity contribution in [3.05, 3.63) is 90.0 Å². The summed E-state index contributed by atoms with van der Waals surface area (Å²) in [6.45, 7) is 2.53. The molecule has 1 saturated heterocycles. The number of hydrogen-bond donors (Lipinski definition) is 1. The maximum absolute atomic E-state index is 13.7. The summed E-state index contributed by atoms with van der Waals surface area (Å²) in [6, 6.07) is 19.9. The zero-order valence-corrected chi connectivity index (χ0v) is 20.5. The fourth-order valence-corrected chi connectivity index (χ4v) is 6.01. The molecule has 1 atom stereocenters. The molecule has 1 aromatic heterocycles. The Balaban J connectivity index is 0.00000274. The molecule has 2 fully saturated rings. The van der Waals surface area contributed by atoms with E-state index >= 15 is 0 Å². The first-order valence-corrected chi connectivity index (χ1v) is 12.3. The van der Waals surface area contributed by atoms with Gasteiger partial charge in [-0.2, -0.15) is 0 Å². The summed E-state index contributed by atoms with van der Waals surface area (Å²) in [6.07, 6.45) is 11.6. The molecular formula is C29H34ClFN2O. The van der Waals surface area contributed by atoms with Crippen LogP contribution in [0.25, 0.3) is 11.1 Å². The summed E-state index contributed by atoms with van der Waals surface area (Å²) in [5.74, 6) is -0.164. The number of halogens is 2. The van der Waals surface area contributed by atoms with Gasteiger partial charge in [0.25, 0.3) is 0 Å². The fourth-order valence-electron chi connectivity index (χ4n) is 6.01. The Morgan fingerprint density at radius 2 is 1.65 bits per heavy atom. The van der Waals surface area contributed by atoms with Gasteiger partial charge in [-0.1, -0.05) is 49.2 Å². The molecule has 1 unspecified atom stereocenters. The van der Waals surface area contributed by atoms with E-state index < -0.39 is 0 Å². The number of pyridine rings is 1. The van der Waals surface area contributed by atoms with Gasteiger partial charge in [-0.15, -0.1) is 12.4 Å². The topological polar surface area (TPSA) is 34.2 Å². The van der Waals surface area contributed by atoms with Crippen LogP contribution in [0.2, 0.25) is 0 Å².